The fraction of sp³-hybridized carbons (Fsp3) is 0.400. The van der Waals surface area contributed by atoms with Crippen molar-refractivity contribution in [2.45, 2.75) is 24.9 Å². The highest BCUT2D eigenvalue weighted by Crippen LogP contribution is 2.37. The summed E-state index contributed by atoms with van der Waals surface area (Å²) in [6, 6.07) is 3.30. The normalized spacial score (nSPS) is 16.2. The number of nitrogens with zero attached hydrogens (tertiary/aromatic N) is 1. The number of thiazole rings is 1. The molecule has 1 N–H and O–H groups in total. The van der Waals surface area contributed by atoms with Crippen molar-refractivity contribution in [2.24, 2.45) is 0 Å². The smallest absolute Gasteiger partial charge is 0.317 e. The van der Waals surface area contributed by atoms with Crippen molar-refractivity contribution in [2.75, 3.05) is 13.1 Å². The van der Waals surface area contributed by atoms with Crippen LogP contribution in [-0.2, 0) is 6.18 Å². The van der Waals surface area contributed by atoms with E-state index in [1.54, 1.807) is 5.38 Å². The minimum Gasteiger partial charge on any atom is -0.317 e. The summed E-state index contributed by atoms with van der Waals surface area (Å²) in [4.78, 5) is 4.37. The summed E-state index contributed by atoms with van der Waals surface area (Å²) in [7, 11) is 0. The molecule has 2 aromatic rings. The number of alkyl halides is 3. The van der Waals surface area contributed by atoms with E-state index in [9.17, 15) is 17.6 Å². The molecule has 1 aromatic carbocycles. The number of aromatic nitrogens is 1. The third-order valence-corrected chi connectivity index (χ3v) is 4.80. The van der Waals surface area contributed by atoms with Gasteiger partial charge >= 0.3 is 6.18 Å². The predicted octanol–water partition coefficient (Wildman–Crippen LogP) is 5.01. The molecule has 1 fully saturated rings. The monoisotopic (exact) mass is 410 g/mol. The Kier molecular flexibility index (Phi) is 5.80. The summed E-state index contributed by atoms with van der Waals surface area (Å²) < 4.78 is 52.5. The van der Waals surface area contributed by atoms with E-state index in [0.717, 1.165) is 37.0 Å². The van der Waals surface area contributed by atoms with Crippen LogP contribution in [0.25, 0.3) is 11.3 Å². The molecule has 2 nitrogen and oxygen atoms in total. The Morgan fingerprint density at radius 2 is 1.87 bits per heavy atom. The number of nitrogens with one attached hydrogen (secondary N) is 1. The number of halogens is 5. The van der Waals surface area contributed by atoms with E-state index in [1.165, 1.54) is 23.5 Å². The highest BCUT2D eigenvalue weighted by molar-refractivity contribution is 8.93. The molecule has 0 atom stereocenters. The first-order valence-electron chi connectivity index (χ1n) is 6.99. The molecular weight excluding hydrogens is 396 g/mol. The van der Waals surface area contributed by atoms with Gasteiger partial charge in [0.2, 0.25) is 0 Å². The van der Waals surface area contributed by atoms with Gasteiger partial charge in [-0.05, 0) is 38.1 Å². The van der Waals surface area contributed by atoms with Gasteiger partial charge in [-0.2, -0.15) is 13.2 Å². The second-order valence-electron chi connectivity index (χ2n) is 5.26. The lowest BCUT2D eigenvalue weighted by molar-refractivity contribution is -0.139. The molecule has 0 aliphatic carbocycles. The molecule has 1 aliphatic rings. The number of benzene rings is 1. The molecule has 0 bridgehead atoms. The van der Waals surface area contributed by atoms with Crippen LogP contribution >= 0.6 is 28.3 Å². The van der Waals surface area contributed by atoms with Crippen molar-refractivity contribution >= 4 is 28.3 Å². The van der Waals surface area contributed by atoms with E-state index in [2.05, 4.69) is 10.3 Å². The summed E-state index contributed by atoms with van der Waals surface area (Å²) >= 11 is 1.39. The van der Waals surface area contributed by atoms with Crippen molar-refractivity contribution in [1.82, 2.24) is 10.3 Å². The van der Waals surface area contributed by atoms with Crippen LogP contribution in [-0.4, -0.2) is 18.1 Å². The maximum absolute atomic E-state index is 14.1. The van der Waals surface area contributed by atoms with Crippen LogP contribution in [0.1, 0.15) is 29.3 Å². The molecule has 2 heterocycles. The molecular formula is C15H15BrF4N2S. The van der Waals surface area contributed by atoms with Gasteiger partial charge < -0.3 is 5.32 Å². The molecule has 1 saturated heterocycles. The molecule has 3 rings (SSSR count). The zero-order chi connectivity index (χ0) is 15.7. The van der Waals surface area contributed by atoms with Gasteiger partial charge in [0.05, 0.1) is 16.3 Å². The largest absolute Gasteiger partial charge is 0.419 e. The first-order valence-corrected chi connectivity index (χ1v) is 7.87. The van der Waals surface area contributed by atoms with Crippen molar-refractivity contribution in [3.05, 3.63) is 40.0 Å². The van der Waals surface area contributed by atoms with Crippen LogP contribution in [0.2, 0.25) is 0 Å². The highest BCUT2D eigenvalue weighted by atomic mass is 79.9. The quantitative estimate of drug-likeness (QED) is 0.703. The van der Waals surface area contributed by atoms with Gasteiger partial charge in [0, 0.05) is 16.9 Å². The van der Waals surface area contributed by atoms with Gasteiger partial charge in [-0.25, -0.2) is 9.37 Å². The van der Waals surface area contributed by atoms with Gasteiger partial charge in [0.1, 0.15) is 5.82 Å². The van der Waals surface area contributed by atoms with E-state index in [-0.39, 0.29) is 28.2 Å². The highest BCUT2D eigenvalue weighted by Gasteiger charge is 2.35. The Labute approximate surface area is 145 Å². The van der Waals surface area contributed by atoms with Gasteiger partial charge in [0.15, 0.2) is 0 Å². The second-order valence-corrected chi connectivity index (χ2v) is 6.15. The molecule has 1 aliphatic heterocycles. The van der Waals surface area contributed by atoms with E-state index < -0.39 is 17.6 Å². The average Bonchev–Trinajstić information content (AvgIpc) is 2.97. The Morgan fingerprint density at radius 3 is 2.52 bits per heavy atom. The van der Waals surface area contributed by atoms with Crippen molar-refractivity contribution in [1.29, 1.82) is 0 Å². The maximum Gasteiger partial charge on any atom is 0.419 e. The summed E-state index contributed by atoms with van der Waals surface area (Å²) in [5.74, 6) is -0.953. The number of hydrogen-bond donors (Lipinski definition) is 1. The van der Waals surface area contributed by atoms with Gasteiger partial charge in [-0.1, -0.05) is 6.07 Å². The van der Waals surface area contributed by atoms with Crippen LogP contribution in [0, 0.1) is 5.82 Å². The summed E-state index contributed by atoms with van der Waals surface area (Å²) in [5, 5.41) is 5.75. The van der Waals surface area contributed by atoms with E-state index in [4.69, 9.17) is 0 Å². The first-order chi connectivity index (χ1) is 10.5. The lowest BCUT2D eigenvalue weighted by atomic mass is 9.99. The van der Waals surface area contributed by atoms with E-state index >= 15 is 0 Å². The summed E-state index contributed by atoms with van der Waals surface area (Å²) in [5.41, 5.74) is -1.06. The molecule has 0 radical (unpaired) electrons. The zero-order valence-electron chi connectivity index (χ0n) is 12.0. The molecule has 0 saturated carbocycles. The minimum absolute atomic E-state index is 0. The lowest BCUT2D eigenvalue weighted by Gasteiger charge is -2.20. The first kappa shape index (κ1) is 18.4. The van der Waals surface area contributed by atoms with Crippen LogP contribution in [0.15, 0.2) is 23.6 Å². The molecule has 0 amide bonds. The van der Waals surface area contributed by atoms with Crippen LogP contribution in [0.3, 0.4) is 0 Å². The van der Waals surface area contributed by atoms with Gasteiger partial charge in [-0.3, -0.25) is 0 Å². The van der Waals surface area contributed by atoms with Crippen molar-refractivity contribution < 1.29 is 17.6 Å². The average molecular weight is 411 g/mol. The van der Waals surface area contributed by atoms with Crippen LogP contribution in [0.5, 0.6) is 0 Å². The lowest BCUT2D eigenvalue weighted by Crippen LogP contribution is -2.26. The van der Waals surface area contributed by atoms with Crippen molar-refractivity contribution in [3.8, 4) is 11.3 Å². The number of rotatable bonds is 2. The molecule has 23 heavy (non-hydrogen) atoms. The Bertz CT molecular complexity index is 666. The standard InChI is InChI=1S/C15H14F4N2S.BrH/c16-13-10(2-1-3-11(13)15(17,18)19)12-8-22-14(21-12)9-4-6-20-7-5-9;/h1-3,8-9,20H,4-7H2;1H. The molecule has 126 valence electrons. The maximum atomic E-state index is 14.1. The van der Waals surface area contributed by atoms with Gasteiger partial charge in [0.25, 0.3) is 0 Å². The molecule has 1 aromatic heterocycles. The molecule has 0 spiro atoms. The third-order valence-electron chi connectivity index (χ3n) is 3.79. The summed E-state index contributed by atoms with van der Waals surface area (Å²) in [6.07, 6.45) is -2.82. The van der Waals surface area contributed by atoms with Crippen molar-refractivity contribution in [3.63, 3.8) is 0 Å². The topological polar surface area (TPSA) is 24.9 Å². The van der Waals surface area contributed by atoms with Gasteiger partial charge in [-0.15, -0.1) is 28.3 Å². The van der Waals surface area contributed by atoms with E-state index in [0.29, 0.717) is 5.92 Å². The molecule has 8 heteroatoms. The second kappa shape index (κ2) is 7.27. The third kappa shape index (κ3) is 3.92. The number of piperidine rings is 1. The fourth-order valence-corrected chi connectivity index (χ4v) is 3.61. The SMILES string of the molecule is Br.Fc1c(-c2csc(C3CCNCC3)n2)cccc1C(F)(F)F. The molecule has 0 unspecified atom stereocenters. The van der Waals surface area contributed by atoms with Crippen LogP contribution < -0.4 is 5.32 Å². The Balaban J connectivity index is 0.00000192. The van der Waals surface area contributed by atoms with E-state index in [1.807, 2.05) is 0 Å². The predicted molar refractivity (Wildman–Crippen MR) is 87.7 cm³/mol. The minimum atomic E-state index is -4.70. The number of hydrogen-bond acceptors (Lipinski definition) is 3. The fourth-order valence-electron chi connectivity index (χ4n) is 2.62. The Hall–Kier alpha value is -0.990. The Morgan fingerprint density at radius 1 is 1.17 bits per heavy atom. The zero-order valence-corrected chi connectivity index (χ0v) is 14.5. The van der Waals surface area contributed by atoms with Crippen LogP contribution in [0.4, 0.5) is 17.6 Å². The summed E-state index contributed by atoms with van der Waals surface area (Å²) in [6.45, 7) is 1.80.